The van der Waals surface area contributed by atoms with E-state index in [4.69, 9.17) is 10.8 Å². The van der Waals surface area contributed by atoms with Crippen molar-refractivity contribution in [3.63, 3.8) is 0 Å². The number of hydrogen-bond donors (Lipinski definition) is 4. The van der Waals surface area contributed by atoms with Crippen LogP contribution in [0.4, 0.5) is 5.82 Å². The first-order valence-corrected chi connectivity index (χ1v) is 12.9. The number of carbonyl (C=O) groups is 1. The molecule has 4 aromatic rings. The highest BCUT2D eigenvalue weighted by Gasteiger charge is 2.16. The zero-order valence-electron chi connectivity index (χ0n) is 22.2. The maximum atomic E-state index is 12.4. The van der Waals surface area contributed by atoms with Crippen LogP contribution >= 0.6 is 0 Å². The average Bonchev–Trinajstić information content (AvgIpc) is 3.34. The minimum Gasteiger partial charge on any atom is -0.508 e. The molecule has 1 unspecified atom stereocenters. The lowest BCUT2D eigenvalue weighted by molar-refractivity contribution is -0.122. The summed E-state index contributed by atoms with van der Waals surface area (Å²) < 4.78 is 1.91. The van der Waals surface area contributed by atoms with Crippen LogP contribution in [0.25, 0.3) is 16.9 Å². The Hall–Kier alpha value is -4.17. The Labute approximate surface area is 223 Å². The molecule has 198 valence electrons. The van der Waals surface area contributed by atoms with Crippen molar-refractivity contribution in [1.82, 2.24) is 20.1 Å². The Morgan fingerprint density at radius 3 is 2.34 bits per heavy atom. The van der Waals surface area contributed by atoms with Gasteiger partial charge < -0.3 is 21.5 Å². The van der Waals surface area contributed by atoms with Crippen molar-refractivity contribution in [2.24, 2.45) is 5.73 Å². The molecule has 0 aliphatic rings. The number of aromatic nitrogens is 3. The van der Waals surface area contributed by atoms with Gasteiger partial charge in [-0.3, -0.25) is 9.78 Å². The maximum absolute atomic E-state index is 12.4. The molecule has 4 rings (SSSR count). The van der Waals surface area contributed by atoms with Crippen molar-refractivity contribution >= 4 is 11.7 Å². The molecule has 0 aliphatic heterocycles. The molecule has 1 amide bonds. The van der Waals surface area contributed by atoms with Gasteiger partial charge in [-0.2, -0.15) is 5.10 Å². The van der Waals surface area contributed by atoms with Gasteiger partial charge in [0.05, 0.1) is 17.4 Å². The van der Waals surface area contributed by atoms with Crippen molar-refractivity contribution in [2.45, 2.75) is 45.1 Å². The number of pyridine rings is 1. The third kappa shape index (κ3) is 6.98. The molecule has 2 heterocycles. The molecule has 0 saturated heterocycles. The van der Waals surface area contributed by atoms with E-state index < -0.39 is 6.04 Å². The minimum absolute atomic E-state index is 0.0724. The molecule has 0 radical (unpaired) electrons. The highest BCUT2D eigenvalue weighted by molar-refractivity contribution is 5.81. The average molecular weight is 513 g/mol. The first-order valence-electron chi connectivity index (χ1n) is 12.9. The zero-order chi connectivity index (χ0) is 27.1. The number of anilines is 1. The topological polar surface area (TPSA) is 118 Å². The summed E-state index contributed by atoms with van der Waals surface area (Å²) in [7, 11) is 0. The molecule has 8 nitrogen and oxygen atoms in total. The molecule has 2 aromatic carbocycles. The number of amides is 1. The third-order valence-corrected chi connectivity index (χ3v) is 6.35. The molecule has 5 N–H and O–H groups in total. The number of nitrogens with one attached hydrogen (secondary N) is 2. The predicted molar refractivity (Wildman–Crippen MR) is 151 cm³/mol. The van der Waals surface area contributed by atoms with Gasteiger partial charge in [0.1, 0.15) is 11.6 Å². The van der Waals surface area contributed by atoms with Crippen molar-refractivity contribution < 1.29 is 9.90 Å². The van der Waals surface area contributed by atoms with E-state index in [9.17, 15) is 9.90 Å². The Kier molecular flexibility index (Phi) is 8.43. The highest BCUT2D eigenvalue weighted by Crippen LogP contribution is 2.27. The monoisotopic (exact) mass is 512 g/mol. The fourth-order valence-electron chi connectivity index (χ4n) is 4.10. The van der Waals surface area contributed by atoms with Crippen LogP contribution in [-0.4, -0.2) is 44.9 Å². The van der Waals surface area contributed by atoms with Crippen molar-refractivity contribution in [2.75, 3.05) is 18.4 Å². The fraction of sp³-hybridized carbons (Fsp3) is 0.300. The number of carbonyl (C=O) groups excluding carboxylic acids is 1. The zero-order valence-corrected chi connectivity index (χ0v) is 22.2. The summed E-state index contributed by atoms with van der Waals surface area (Å²) in [6.07, 6.45) is 4.65. The van der Waals surface area contributed by atoms with E-state index in [0.717, 1.165) is 34.7 Å². The summed E-state index contributed by atoms with van der Waals surface area (Å²) in [5.74, 6) is 0.869. The summed E-state index contributed by atoms with van der Waals surface area (Å²) in [6.45, 7) is 7.74. The van der Waals surface area contributed by atoms with Crippen molar-refractivity contribution in [3.05, 3.63) is 90.3 Å². The summed E-state index contributed by atoms with van der Waals surface area (Å²) in [4.78, 5) is 16.5. The quantitative estimate of drug-likeness (QED) is 0.234. The molecule has 38 heavy (non-hydrogen) atoms. The van der Waals surface area contributed by atoms with Gasteiger partial charge in [-0.05, 0) is 65.8 Å². The van der Waals surface area contributed by atoms with Crippen LogP contribution in [0.3, 0.4) is 0 Å². The lowest BCUT2D eigenvalue weighted by Gasteiger charge is -2.19. The molecule has 1 atom stereocenters. The SMILES string of the molecule is CC(C)(C)c1ccc(-n2nc(-c3ccncc3)cc2NCCCNC(=O)C(N)Cc2ccc(O)cc2)cc1. The van der Waals surface area contributed by atoms with Crippen LogP contribution in [-0.2, 0) is 16.6 Å². The third-order valence-electron chi connectivity index (χ3n) is 6.35. The number of phenols is 1. The molecule has 0 spiro atoms. The van der Waals surface area contributed by atoms with E-state index in [1.165, 1.54) is 5.56 Å². The van der Waals surface area contributed by atoms with E-state index in [1.807, 2.05) is 22.9 Å². The molecule has 2 aromatic heterocycles. The van der Waals surface area contributed by atoms with Gasteiger partial charge in [0.25, 0.3) is 0 Å². The van der Waals surface area contributed by atoms with Crippen LogP contribution in [0.2, 0.25) is 0 Å². The Morgan fingerprint density at radius 2 is 1.68 bits per heavy atom. The number of nitrogens with zero attached hydrogens (tertiary/aromatic N) is 3. The summed E-state index contributed by atoms with van der Waals surface area (Å²) in [6, 6.07) is 20.4. The van der Waals surface area contributed by atoms with Gasteiger partial charge in [-0.25, -0.2) is 4.68 Å². The van der Waals surface area contributed by atoms with Crippen LogP contribution in [0.5, 0.6) is 5.75 Å². The minimum atomic E-state index is -0.645. The molecular formula is C30H36N6O2. The second-order valence-corrected chi connectivity index (χ2v) is 10.4. The smallest absolute Gasteiger partial charge is 0.237 e. The Morgan fingerprint density at radius 1 is 1.00 bits per heavy atom. The number of phenolic OH excluding ortho intramolecular Hbond substituents is 1. The van der Waals surface area contributed by atoms with Gasteiger partial charge in [-0.1, -0.05) is 45.0 Å². The standard InChI is InChI=1S/C30H36N6O2/c1-30(2,3)23-7-9-24(10-8-23)36-28(20-27(35-36)22-13-17-32-18-14-22)33-15-4-16-34-29(38)26(31)19-21-5-11-25(37)12-6-21/h5-14,17-18,20,26,33,37H,4,15-16,19,31H2,1-3H3,(H,34,38). The van der Waals surface area contributed by atoms with E-state index >= 15 is 0 Å². The number of hydrogen-bond acceptors (Lipinski definition) is 6. The predicted octanol–water partition coefficient (Wildman–Crippen LogP) is 4.43. The van der Waals surface area contributed by atoms with E-state index in [-0.39, 0.29) is 17.1 Å². The van der Waals surface area contributed by atoms with Gasteiger partial charge in [-0.15, -0.1) is 0 Å². The van der Waals surface area contributed by atoms with Crippen LogP contribution < -0.4 is 16.4 Å². The summed E-state index contributed by atoms with van der Waals surface area (Å²) in [5.41, 5.74) is 11.1. The second-order valence-electron chi connectivity index (χ2n) is 10.4. The highest BCUT2D eigenvalue weighted by atomic mass is 16.3. The van der Waals surface area contributed by atoms with Gasteiger partial charge in [0.15, 0.2) is 0 Å². The van der Waals surface area contributed by atoms with Crippen LogP contribution in [0.1, 0.15) is 38.3 Å². The van der Waals surface area contributed by atoms with Crippen molar-refractivity contribution in [1.29, 1.82) is 0 Å². The van der Waals surface area contributed by atoms with E-state index in [1.54, 1.807) is 36.7 Å². The van der Waals surface area contributed by atoms with Crippen LogP contribution in [0.15, 0.2) is 79.1 Å². The van der Waals surface area contributed by atoms with Crippen molar-refractivity contribution in [3.8, 4) is 22.7 Å². The number of nitrogens with two attached hydrogens (primary N) is 1. The fourth-order valence-corrected chi connectivity index (χ4v) is 4.10. The summed E-state index contributed by atoms with van der Waals surface area (Å²) >= 11 is 0. The number of aromatic hydroxyl groups is 1. The molecule has 0 fully saturated rings. The molecule has 0 saturated carbocycles. The Balaban J connectivity index is 1.37. The summed E-state index contributed by atoms with van der Waals surface area (Å²) in [5, 5.41) is 20.7. The van der Waals surface area contributed by atoms with Crippen LogP contribution in [0, 0.1) is 0 Å². The van der Waals surface area contributed by atoms with E-state index in [2.05, 4.69) is 60.7 Å². The lowest BCUT2D eigenvalue weighted by atomic mass is 9.87. The molecular weight excluding hydrogens is 476 g/mol. The normalized spacial score (nSPS) is 12.2. The first-order chi connectivity index (χ1) is 18.2. The van der Waals surface area contributed by atoms with Gasteiger partial charge >= 0.3 is 0 Å². The largest absolute Gasteiger partial charge is 0.508 e. The van der Waals surface area contributed by atoms with Gasteiger partial charge in [0, 0.05) is 37.1 Å². The lowest BCUT2D eigenvalue weighted by Crippen LogP contribution is -2.42. The molecule has 0 aliphatic carbocycles. The molecule has 0 bridgehead atoms. The number of rotatable bonds is 10. The maximum Gasteiger partial charge on any atom is 0.237 e. The number of benzene rings is 2. The second kappa shape index (κ2) is 11.9. The Bertz CT molecular complexity index is 1330. The van der Waals surface area contributed by atoms with E-state index in [0.29, 0.717) is 19.5 Å². The molecule has 8 heteroatoms. The van der Waals surface area contributed by atoms with Gasteiger partial charge in [0.2, 0.25) is 5.91 Å². The first kappa shape index (κ1) is 26.9.